The van der Waals surface area contributed by atoms with Gasteiger partial charge in [-0.3, -0.25) is 9.59 Å². The van der Waals surface area contributed by atoms with E-state index in [-0.39, 0.29) is 17.7 Å². The van der Waals surface area contributed by atoms with E-state index in [9.17, 15) is 14.4 Å². The molecule has 1 saturated heterocycles. The molecule has 1 aliphatic heterocycles. The van der Waals surface area contributed by atoms with Crippen molar-refractivity contribution in [3.63, 3.8) is 0 Å². The van der Waals surface area contributed by atoms with E-state index in [2.05, 4.69) is 10.6 Å². The first kappa shape index (κ1) is 14.8. The highest BCUT2D eigenvalue weighted by Crippen LogP contribution is 2.27. The molecule has 6 heteroatoms. The van der Waals surface area contributed by atoms with Crippen LogP contribution in [-0.4, -0.2) is 37.0 Å². The van der Waals surface area contributed by atoms with E-state index >= 15 is 0 Å². The molecule has 0 unspecified atom stereocenters. The molecule has 0 bridgehead atoms. The Labute approximate surface area is 118 Å². The number of ether oxygens (including phenoxy) is 1. The number of rotatable bonds is 4. The Balaban J connectivity index is 1.97. The van der Waals surface area contributed by atoms with Gasteiger partial charge >= 0.3 is 5.97 Å². The molecular weight excluding hydrogens is 260 g/mol. The van der Waals surface area contributed by atoms with Gasteiger partial charge in [-0.05, 0) is 25.2 Å². The standard InChI is InChI=1S/C14H22N2O4/c1-20-14(19)12(9-5-3-2-4-6-9)16-13(18)10-7-8-11(17)15-10/h9-10,12H,2-8H2,1H3,(H,15,17)(H,16,18)/t10-,12-/m0/s1. The Bertz CT molecular complexity index is 391. The summed E-state index contributed by atoms with van der Waals surface area (Å²) in [4.78, 5) is 35.2. The molecule has 2 fully saturated rings. The molecule has 20 heavy (non-hydrogen) atoms. The van der Waals surface area contributed by atoms with Gasteiger partial charge in [-0.2, -0.15) is 0 Å². The molecule has 0 aromatic rings. The summed E-state index contributed by atoms with van der Waals surface area (Å²) >= 11 is 0. The van der Waals surface area contributed by atoms with E-state index < -0.39 is 18.1 Å². The lowest BCUT2D eigenvalue weighted by Gasteiger charge is -2.29. The second-order valence-electron chi connectivity index (χ2n) is 5.57. The topological polar surface area (TPSA) is 84.5 Å². The Kier molecular flexibility index (Phi) is 4.98. The van der Waals surface area contributed by atoms with Gasteiger partial charge in [0.15, 0.2) is 0 Å². The fourth-order valence-electron chi connectivity index (χ4n) is 3.03. The number of amides is 2. The number of hydrogen-bond acceptors (Lipinski definition) is 4. The smallest absolute Gasteiger partial charge is 0.328 e. The first-order valence-corrected chi connectivity index (χ1v) is 7.29. The van der Waals surface area contributed by atoms with E-state index in [1.807, 2.05) is 0 Å². The molecule has 1 saturated carbocycles. The van der Waals surface area contributed by atoms with Gasteiger partial charge in [0.1, 0.15) is 12.1 Å². The van der Waals surface area contributed by atoms with Crippen LogP contribution in [-0.2, 0) is 19.1 Å². The number of carbonyl (C=O) groups excluding carboxylic acids is 3. The first-order chi connectivity index (χ1) is 9.61. The summed E-state index contributed by atoms with van der Waals surface area (Å²) in [7, 11) is 1.33. The molecule has 112 valence electrons. The van der Waals surface area contributed by atoms with Gasteiger partial charge in [0.2, 0.25) is 11.8 Å². The Morgan fingerprint density at radius 1 is 1.25 bits per heavy atom. The first-order valence-electron chi connectivity index (χ1n) is 7.29. The number of esters is 1. The fourth-order valence-corrected chi connectivity index (χ4v) is 3.03. The van der Waals surface area contributed by atoms with Crippen molar-refractivity contribution in [3.8, 4) is 0 Å². The zero-order valence-corrected chi connectivity index (χ0v) is 11.8. The van der Waals surface area contributed by atoms with Crippen LogP contribution in [0.3, 0.4) is 0 Å². The van der Waals surface area contributed by atoms with Gasteiger partial charge in [0, 0.05) is 6.42 Å². The molecular formula is C14H22N2O4. The summed E-state index contributed by atoms with van der Waals surface area (Å²) in [6.07, 6.45) is 6.04. The zero-order valence-electron chi connectivity index (χ0n) is 11.8. The maximum Gasteiger partial charge on any atom is 0.328 e. The van der Waals surface area contributed by atoms with E-state index in [0.717, 1.165) is 25.7 Å². The van der Waals surface area contributed by atoms with E-state index in [4.69, 9.17) is 4.74 Å². The van der Waals surface area contributed by atoms with Gasteiger partial charge in [-0.15, -0.1) is 0 Å². The Morgan fingerprint density at radius 3 is 2.50 bits per heavy atom. The van der Waals surface area contributed by atoms with Crippen LogP contribution in [0.2, 0.25) is 0 Å². The molecule has 0 aromatic heterocycles. The van der Waals surface area contributed by atoms with Crippen LogP contribution in [0, 0.1) is 5.92 Å². The molecule has 2 amide bonds. The lowest BCUT2D eigenvalue weighted by Crippen LogP contribution is -2.52. The van der Waals surface area contributed by atoms with Gasteiger partial charge in [-0.25, -0.2) is 4.79 Å². The quantitative estimate of drug-likeness (QED) is 0.736. The normalized spacial score (nSPS) is 24.9. The van der Waals surface area contributed by atoms with Crippen molar-refractivity contribution in [2.75, 3.05) is 7.11 Å². The molecule has 2 aliphatic rings. The summed E-state index contributed by atoms with van der Waals surface area (Å²) < 4.78 is 4.81. The van der Waals surface area contributed by atoms with Crippen LogP contribution in [0.4, 0.5) is 0 Å². The Morgan fingerprint density at radius 2 is 1.95 bits per heavy atom. The van der Waals surface area contributed by atoms with Gasteiger partial charge in [0.25, 0.3) is 0 Å². The van der Waals surface area contributed by atoms with E-state index in [1.165, 1.54) is 13.5 Å². The molecule has 2 atom stereocenters. The van der Waals surface area contributed by atoms with E-state index in [1.54, 1.807) is 0 Å². The molecule has 2 N–H and O–H groups in total. The third-order valence-corrected chi connectivity index (χ3v) is 4.19. The minimum Gasteiger partial charge on any atom is -0.467 e. The number of carbonyl (C=O) groups is 3. The van der Waals surface area contributed by atoms with Crippen molar-refractivity contribution in [1.29, 1.82) is 0 Å². The summed E-state index contributed by atoms with van der Waals surface area (Å²) in [5.41, 5.74) is 0. The Hall–Kier alpha value is -1.59. The van der Waals surface area contributed by atoms with Crippen LogP contribution < -0.4 is 10.6 Å². The van der Waals surface area contributed by atoms with Crippen molar-refractivity contribution >= 4 is 17.8 Å². The molecule has 0 radical (unpaired) electrons. The van der Waals surface area contributed by atoms with Crippen molar-refractivity contribution in [3.05, 3.63) is 0 Å². The van der Waals surface area contributed by atoms with Gasteiger partial charge < -0.3 is 15.4 Å². The van der Waals surface area contributed by atoms with Crippen molar-refractivity contribution < 1.29 is 19.1 Å². The van der Waals surface area contributed by atoms with Crippen LogP contribution in [0.25, 0.3) is 0 Å². The number of nitrogens with one attached hydrogen (secondary N) is 2. The monoisotopic (exact) mass is 282 g/mol. The van der Waals surface area contributed by atoms with Crippen molar-refractivity contribution in [2.45, 2.75) is 57.0 Å². The largest absolute Gasteiger partial charge is 0.467 e. The summed E-state index contributed by atoms with van der Waals surface area (Å²) in [6.45, 7) is 0. The van der Waals surface area contributed by atoms with Crippen molar-refractivity contribution in [2.24, 2.45) is 5.92 Å². The maximum atomic E-state index is 12.1. The maximum absolute atomic E-state index is 12.1. The third kappa shape index (κ3) is 3.49. The molecule has 0 aromatic carbocycles. The van der Waals surface area contributed by atoms with E-state index in [0.29, 0.717) is 12.8 Å². The van der Waals surface area contributed by atoms with Crippen LogP contribution in [0.5, 0.6) is 0 Å². The van der Waals surface area contributed by atoms with Gasteiger partial charge in [-0.1, -0.05) is 19.3 Å². The number of methoxy groups -OCH3 is 1. The highest BCUT2D eigenvalue weighted by molar-refractivity contribution is 5.93. The van der Waals surface area contributed by atoms with Crippen molar-refractivity contribution in [1.82, 2.24) is 10.6 Å². The lowest BCUT2D eigenvalue weighted by atomic mass is 9.83. The third-order valence-electron chi connectivity index (χ3n) is 4.19. The SMILES string of the molecule is COC(=O)[C@@H](NC(=O)[C@@H]1CCC(=O)N1)C1CCCCC1. The molecule has 1 aliphatic carbocycles. The average molecular weight is 282 g/mol. The predicted molar refractivity (Wildman–Crippen MR) is 71.7 cm³/mol. The summed E-state index contributed by atoms with van der Waals surface area (Å²) in [5.74, 6) is -0.652. The molecule has 1 heterocycles. The molecule has 0 spiro atoms. The lowest BCUT2D eigenvalue weighted by molar-refractivity contribution is -0.147. The summed E-state index contributed by atoms with van der Waals surface area (Å²) in [5, 5.41) is 5.39. The average Bonchev–Trinajstić information content (AvgIpc) is 2.91. The molecule has 6 nitrogen and oxygen atoms in total. The zero-order chi connectivity index (χ0) is 14.5. The highest BCUT2D eigenvalue weighted by atomic mass is 16.5. The van der Waals surface area contributed by atoms with Gasteiger partial charge in [0.05, 0.1) is 7.11 Å². The van der Waals surface area contributed by atoms with Crippen LogP contribution >= 0.6 is 0 Å². The van der Waals surface area contributed by atoms with Crippen LogP contribution in [0.15, 0.2) is 0 Å². The minimum absolute atomic E-state index is 0.113. The van der Waals surface area contributed by atoms with Crippen LogP contribution in [0.1, 0.15) is 44.9 Å². The highest BCUT2D eigenvalue weighted by Gasteiger charge is 2.35. The fraction of sp³-hybridized carbons (Fsp3) is 0.786. The minimum atomic E-state index is -0.592. The summed E-state index contributed by atoms with van der Waals surface area (Å²) in [6, 6.07) is -1.11. The molecule has 2 rings (SSSR count). The second-order valence-corrected chi connectivity index (χ2v) is 5.57. The number of hydrogen-bond donors (Lipinski definition) is 2. The second kappa shape index (κ2) is 6.72. The predicted octanol–water partition coefficient (Wildman–Crippen LogP) is 0.503.